The first-order chi connectivity index (χ1) is 8.74. The minimum Gasteiger partial charge on any atom is -0.353 e. The first kappa shape index (κ1) is 11.4. The molecule has 1 aromatic heterocycles. The van der Waals surface area contributed by atoms with Gasteiger partial charge in [-0.2, -0.15) is 0 Å². The third-order valence-corrected chi connectivity index (χ3v) is 3.38. The number of anilines is 1. The minimum absolute atomic E-state index is 0.488. The zero-order chi connectivity index (χ0) is 12.5. The molecule has 1 aliphatic rings. The predicted molar refractivity (Wildman–Crippen MR) is 73.8 cm³/mol. The molecule has 0 saturated carbocycles. The molecule has 2 atom stereocenters. The minimum atomic E-state index is 0.488. The topological polar surface area (TPSA) is 41.1 Å². The van der Waals surface area contributed by atoms with Crippen LogP contribution in [0.25, 0.3) is 10.9 Å². The molecule has 1 N–H and O–H groups in total. The van der Waals surface area contributed by atoms with E-state index in [9.17, 15) is 0 Å². The van der Waals surface area contributed by atoms with Gasteiger partial charge in [0, 0.05) is 30.6 Å². The zero-order valence-electron chi connectivity index (χ0n) is 10.8. The van der Waals surface area contributed by atoms with E-state index < -0.39 is 0 Å². The normalized spacial score (nSPS) is 24.4. The maximum Gasteiger partial charge on any atom is 0.139 e. The summed E-state index contributed by atoms with van der Waals surface area (Å²) in [4.78, 5) is 11.2. The van der Waals surface area contributed by atoms with Crippen molar-refractivity contribution in [1.82, 2.24) is 15.3 Å². The Labute approximate surface area is 107 Å². The molecule has 1 aliphatic heterocycles. The quantitative estimate of drug-likeness (QED) is 0.828. The number of rotatable bonds is 1. The number of nitrogens with one attached hydrogen (secondary N) is 1. The van der Waals surface area contributed by atoms with Gasteiger partial charge in [0.05, 0.1) is 5.52 Å². The largest absolute Gasteiger partial charge is 0.353 e. The van der Waals surface area contributed by atoms with E-state index in [1.165, 1.54) is 0 Å². The van der Waals surface area contributed by atoms with Crippen molar-refractivity contribution in [1.29, 1.82) is 0 Å². The van der Waals surface area contributed by atoms with E-state index in [2.05, 4.69) is 40.1 Å². The van der Waals surface area contributed by atoms with Gasteiger partial charge >= 0.3 is 0 Å². The van der Waals surface area contributed by atoms with Crippen molar-refractivity contribution in [2.24, 2.45) is 0 Å². The Balaban J connectivity index is 2.03. The van der Waals surface area contributed by atoms with Gasteiger partial charge in [-0.05, 0) is 26.0 Å². The Morgan fingerprint density at radius 3 is 2.61 bits per heavy atom. The van der Waals surface area contributed by atoms with Crippen LogP contribution in [-0.2, 0) is 0 Å². The molecule has 0 aliphatic carbocycles. The Bertz CT molecular complexity index is 539. The predicted octanol–water partition coefficient (Wildman–Crippen LogP) is 1.82. The summed E-state index contributed by atoms with van der Waals surface area (Å²) in [5.41, 5.74) is 1.02. The number of para-hydroxylation sites is 1. The Hall–Kier alpha value is -1.68. The molecule has 4 heteroatoms. The van der Waals surface area contributed by atoms with E-state index in [0.717, 1.165) is 29.8 Å². The van der Waals surface area contributed by atoms with E-state index in [4.69, 9.17) is 0 Å². The smallest absolute Gasteiger partial charge is 0.139 e. The number of benzene rings is 1. The van der Waals surface area contributed by atoms with Gasteiger partial charge < -0.3 is 10.2 Å². The molecule has 2 heterocycles. The lowest BCUT2D eigenvalue weighted by atomic mass is 10.1. The van der Waals surface area contributed by atoms with Crippen LogP contribution in [0.2, 0.25) is 0 Å². The fraction of sp³-hybridized carbons (Fsp3) is 0.429. The van der Waals surface area contributed by atoms with E-state index in [-0.39, 0.29) is 0 Å². The van der Waals surface area contributed by atoms with Gasteiger partial charge in [0.2, 0.25) is 0 Å². The van der Waals surface area contributed by atoms with Crippen LogP contribution in [-0.4, -0.2) is 35.1 Å². The summed E-state index contributed by atoms with van der Waals surface area (Å²) >= 11 is 0. The van der Waals surface area contributed by atoms with Crippen molar-refractivity contribution in [2.75, 3.05) is 18.0 Å². The van der Waals surface area contributed by atoms with Gasteiger partial charge in [-0.15, -0.1) is 0 Å². The highest BCUT2D eigenvalue weighted by Gasteiger charge is 2.23. The van der Waals surface area contributed by atoms with E-state index in [0.29, 0.717) is 12.1 Å². The third-order valence-electron chi connectivity index (χ3n) is 3.38. The second-order valence-corrected chi connectivity index (χ2v) is 5.09. The summed E-state index contributed by atoms with van der Waals surface area (Å²) < 4.78 is 0. The fourth-order valence-electron chi connectivity index (χ4n) is 2.74. The Kier molecular flexibility index (Phi) is 2.88. The summed E-state index contributed by atoms with van der Waals surface area (Å²) in [5, 5.41) is 4.68. The maximum absolute atomic E-state index is 4.49. The van der Waals surface area contributed by atoms with Crippen molar-refractivity contribution in [3.05, 3.63) is 30.6 Å². The van der Waals surface area contributed by atoms with Crippen molar-refractivity contribution < 1.29 is 0 Å². The van der Waals surface area contributed by atoms with E-state index in [1.807, 2.05) is 18.2 Å². The molecule has 18 heavy (non-hydrogen) atoms. The summed E-state index contributed by atoms with van der Waals surface area (Å²) in [7, 11) is 0. The summed E-state index contributed by atoms with van der Waals surface area (Å²) in [6, 6.07) is 9.18. The lowest BCUT2D eigenvalue weighted by Crippen LogP contribution is -2.54. The highest BCUT2D eigenvalue weighted by atomic mass is 15.3. The van der Waals surface area contributed by atoms with Crippen molar-refractivity contribution in [2.45, 2.75) is 25.9 Å². The lowest BCUT2D eigenvalue weighted by molar-refractivity contribution is 0.406. The molecule has 3 rings (SSSR count). The van der Waals surface area contributed by atoms with E-state index >= 15 is 0 Å². The molecule has 2 aromatic rings. The highest BCUT2D eigenvalue weighted by Crippen LogP contribution is 2.24. The standard InChI is InChI=1S/C14H18N4/c1-10-7-18(8-11(2)17-10)14-12-5-3-4-6-13(12)15-9-16-14/h3-6,9-11,17H,7-8H2,1-2H3/t10-,11+. The molecule has 0 spiro atoms. The molecule has 0 radical (unpaired) electrons. The maximum atomic E-state index is 4.49. The summed E-state index contributed by atoms with van der Waals surface area (Å²) in [6.07, 6.45) is 1.66. The average Bonchev–Trinajstić information content (AvgIpc) is 2.37. The molecular weight excluding hydrogens is 224 g/mol. The number of nitrogens with zero attached hydrogens (tertiary/aromatic N) is 3. The van der Waals surface area contributed by atoms with Crippen LogP contribution in [0.5, 0.6) is 0 Å². The molecule has 0 bridgehead atoms. The molecule has 1 fully saturated rings. The summed E-state index contributed by atoms with van der Waals surface area (Å²) in [6.45, 7) is 6.41. The van der Waals surface area contributed by atoms with Crippen LogP contribution in [0.3, 0.4) is 0 Å². The molecule has 1 saturated heterocycles. The molecule has 4 nitrogen and oxygen atoms in total. The second kappa shape index (κ2) is 4.53. The highest BCUT2D eigenvalue weighted by molar-refractivity contribution is 5.89. The van der Waals surface area contributed by atoms with Crippen LogP contribution < -0.4 is 10.2 Å². The van der Waals surface area contributed by atoms with Crippen LogP contribution in [0.1, 0.15) is 13.8 Å². The van der Waals surface area contributed by atoms with Gasteiger partial charge in [-0.25, -0.2) is 9.97 Å². The Morgan fingerprint density at radius 1 is 1.11 bits per heavy atom. The van der Waals surface area contributed by atoms with E-state index in [1.54, 1.807) is 6.33 Å². The zero-order valence-corrected chi connectivity index (χ0v) is 10.8. The Morgan fingerprint density at radius 2 is 1.83 bits per heavy atom. The molecule has 0 amide bonds. The van der Waals surface area contributed by atoms with Crippen LogP contribution in [0.15, 0.2) is 30.6 Å². The van der Waals surface area contributed by atoms with Gasteiger partial charge in [-0.1, -0.05) is 12.1 Å². The lowest BCUT2D eigenvalue weighted by Gasteiger charge is -2.37. The van der Waals surface area contributed by atoms with Crippen molar-refractivity contribution in [3.63, 3.8) is 0 Å². The third kappa shape index (κ3) is 2.04. The molecular formula is C14H18N4. The fourth-order valence-corrected chi connectivity index (χ4v) is 2.74. The van der Waals surface area contributed by atoms with Gasteiger partial charge in [-0.3, -0.25) is 0 Å². The van der Waals surface area contributed by atoms with Gasteiger partial charge in [0.15, 0.2) is 0 Å². The van der Waals surface area contributed by atoms with Gasteiger partial charge in [0.25, 0.3) is 0 Å². The van der Waals surface area contributed by atoms with Crippen molar-refractivity contribution >= 4 is 16.7 Å². The second-order valence-electron chi connectivity index (χ2n) is 5.09. The van der Waals surface area contributed by atoms with Crippen molar-refractivity contribution in [3.8, 4) is 0 Å². The van der Waals surface area contributed by atoms with Crippen LogP contribution in [0.4, 0.5) is 5.82 Å². The number of hydrogen-bond donors (Lipinski definition) is 1. The molecule has 0 unspecified atom stereocenters. The monoisotopic (exact) mass is 242 g/mol. The SMILES string of the molecule is C[C@@H]1CN(c2ncnc3ccccc23)C[C@H](C)N1. The first-order valence-corrected chi connectivity index (χ1v) is 6.45. The number of fused-ring (bicyclic) bond motifs is 1. The number of aromatic nitrogens is 2. The van der Waals surface area contributed by atoms with Crippen LogP contribution in [0, 0.1) is 0 Å². The van der Waals surface area contributed by atoms with Gasteiger partial charge in [0.1, 0.15) is 12.1 Å². The number of hydrogen-bond acceptors (Lipinski definition) is 4. The van der Waals surface area contributed by atoms with Crippen LogP contribution >= 0.6 is 0 Å². The summed E-state index contributed by atoms with van der Waals surface area (Å²) in [5.74, 6) is 1.06. The molecule has 94 valence electrons. The molecule has 1 aromatic carbocycles. The average molecular weight is 242 g/mol. The first-order valence-electron chi connectivity index (χ1n) is 6.45. The number of piperazine rings is 1.